The fourth-order valence-corrected chi connectivity index (χ4v) is 1.98. The average molecular weight is 297 g/mol. The van der Waals surface area contributed by atoms with Crippen LogP contribution in [0.2, 0.25) is 0 Å². The first kappa shape index (κ1) is 15.6. The fraction of sp³-hybridized carbons (Fsp3) is 0.176. The minimum absolute atomic E-state index is 0.0697. The van der Waals surface area contributed by atoms with Crippen molar-refractivity contribution in [1.82, 2.24) is 4.90 Å². The standard InChI is InChI=1S/C17H19N3O2/c1-20(2)17(22)13-5-9-15(10-6-13)19-16(21)11-12-3-7-14(18)8-4-12/h3-10H,11,18H2,1-2H3,(H,19,21). The number of nitrogen functional groups attached to an aromatic ring is 1. The van der Waals surface area contributed by atoms with Gasteiger partial charge in [0.05, 0.1) is 6.42 Å². The molecule has 2 amide bonds. The van der Waals surface area contributed by atoms with E-state index in [0.717, 1.165) is 5.56 Å². The van der Waals surface area contributed by atoms with Crippen LogP contribution in [0.5, 0.6) is 0 Å². The Balaban J connectivity index is 1.97. The molecule has 22 heavy (non-hydrogen) atoms. The SMILES string of the molecule is CN(C)C(=O)c1ccc(NC(=O)Cc2ccc(N)cc2)cc1. The number of hydrogen-bond acceptors (Lipinski definition) is 3. The van der Waals surface area contributed by atoms with Crippen LogP contribution in [-0.2, 0) is 11.2 Å². The van der Waals surface area contributed by atoms with Crippen LogP contribution >= 0.6 is 0 Å². The number of carbonyl (C=O) groups excluding carboxylic acids is 2. The molecular weight excluding hydrogens is 278 g/mol. The number of nitrogens with two attached hydrogens (primary N) is 1. The van der Waals surface area contributed by atoms with Crippen molar-refractivity contribution in [2.75, 3.05) is 25.1 Å². The van der Waals surface area contributed by atoms with Gasteiger partial charge >= 0.3 is 0 Å². The summed E-state index contributed by atoms with van der Waals surface area (Å²) in [4.78, 5) is 25.3. The second-order valence-corrected chi connectivity index (χ2v) is 5.24. The zero-order valence-corrected chi connectivity index (χ0v) is 12.7. The maximum atomic E-state index is 12.0. The molecule has 3 N–H and O–H groups in total. The Morgan fingerprint density at radius 3 is 2.14 bits per heavy atom. The second kappa shape index (κ2) is 6.76. The van der Waals surface area contributed by atoms with E-state index in [2.05, 4.69) is 5.32 Å². The van der Waals surface area contributed by atoms with Crippen molar-refractivity contribution in [2.24, 2.45) is 0 Å². The molecule has 0 aliphatic carbocycles. The lowest BCUT2D eigenvalue weighted by molar-refractivity contribution is -0.115. The molecule has 0 spiro atoms. The van der Waals surface area contributed by atoms with Gasteiger partial charge in [-0.25, -0.2) is 0 Å². The molecule has 0 heterocycles. The summed E-state index contributed by atoms with van der Waals surface area (Å²) < 4.78 is 0. The Kier molecular flexibility index (Phi) is 4.78. The molecule has 0 atom stereocenters. The van der Waals surface area contributed by atoms with Gasteiger partial charge in [-0.05, 0) is 42.0 Å². The monoisotopic (exact) mass is 297 g/mol. The summed E-state index contributed by atoms with van der Waals surface area (Å²) in [7, 11) is 3.40. The van der Waals surface area contributed by atoms with Crippen LogP contribution in [0.15, 0.2) is 48.5 Å². The van der Waals surface area contributed by atoms with E-state index < -0.39 is 0 Å². The van der Waals surface area contributed by atoms with E-state index in [9.17, 15) is 9.59 Å². The van der Waals surface area contributed by atoms with Crippen molar-refractivity contribution in [1.29, 1.82) is 0 Å². The van der Waals surface area contributed by atoms with Crippen LogP contribution in [-0.4, -0.2) is 30.8 Å². The minimum atomic E-state index is -0.114. The normalized spacial score (nSPS) is 10.1. The van der Waals surface area contributed by atoms with Gasteiger partial charge in [0.1, 0.15) is 0 Å². The summed E-state index contributed by atoms with van der Waals surface area (Å²) in [6.07, 6.45) is 0.276. The quantitative estimate of drug-likeness (QED) is 0.849. The molecule has 2 rings (SSSR count). The molecule has 0 aliphatic heterocycles. The maximum Gasteiger partial charge on any atom is 0.253 e. The van der Waals surface area contributed by atoms with Gasteiger partial charge in [0.25, 0.3) is 5.91 Å². The molecule has 5 heteroatoms. The van der Waals surface area contributed by atoms with Crippen molar-refractivity contribution in [3.05, 3.63) is 59.7 Å². The minimum Gasteiger partial charge on any atom is -0.399 e. The largest absolute Gasteiger partial charge is 0.399 e. The van der Waals surface area contributed by atoms with Gasteiger partial charge < -0.3 is 16.0 Å². The summed E-state index contributed by atoms with van der Waals surface area (Å²) in [6.45, 7) is 0. The molecule has 2 aromatic carbocycles. The third-order valence-electron chi connectivity index (χ3n) is 3.17. The van der Waals surface area contributed by atoms with Gasteiger partial charge in [0, 0.05) is 31.0 Å². The van der Waals surface area contributed by atoms with Gasteiger partial charge in [-0.1, -0.05) is 12.1 Å². The molecule has 0 radical (unpaired) electrons. The van der Waals surface area contributed by atoms with Crippen molar-refractivity contribution in [3.63, 3.8) is 0 Å². The average Bonchev–Trinajstić information content (AvgIpc) is 2.49. The third-order valence-corrected chi connectivity index (χ3v) is 3.17. The van der Waals surface area contributed by atoms with Gasteiger partial charge in [-0.15, -0.1) is 0 Å². The lowest BCUT2D eigenvalue weighted by Gasteiger charge is -2.11. The smallest absolute Gasteiger partial charge is 0.253 e. The molecule has 0 saturated heterocycles. The topological polar surface area (TPSA) is 75.4 Å². The van der Waals surface area contributed by atoms with E-state index >= 15 is 0 Å². The van der Waals surface area contributed by atoms with Crippen LogP contribution in [0.4, 0.5) is 11.4 Å². The Hall–Kier alpha value is -2.82. The van der Waals surface area contributed by atoms with E-state index in [4.69, 9.17) is 5.73 Å². The zero-order valence-electron chi connectivity index (χ0n) is 12.7. The Bertz CT molecular complexity index is 661. The Morgan fingerprint density at radius 1 is 1.00 bits per heavy atom. The second-order valence-electron chi connectivity index (χ2n) is 5.24. The highest BCUT2D eigenvalue weighted by Crippen LogP contribution is 2.12. The van der Waals surface area contributed by atoms with Crippen molar-refractivity contribution in [3.8, 4) is 0 Å². The van der Waals surface area contributed by atoms with Crippen LogP contribution in [0.3, 0.4) is 0 Å². The van der Waals surface area contributed by atoms with Crippen LogP contribution < -0.4 is 11.1 Å². The predicted octanol–water partition coefficient (Wildman–Crippen LogP) is 2.15. The number of anilines is 2. The number of amides is 2. The summed E-state index contributed by atoms with van der Waals surface area (Å²) in [5.74, 6) is -0.184. The van der Waals surface area contributed by atoms with Crippen LogP contribution in [0.1, 0.15) is 15.9 Å². The molecule has 0 aliphatic rings. The summed E-state index contributed by atoms with van der Waals surface area (Å²) in [5.41, 5.74) is 8.42. The molecule has 0 fully saturated rings. The van der Waals surface area contributed by atoms with Crippen molar-refractivity contribution in [2.45, 2.75) is 6.42 Å². The first-order valence-corrected chi connectivity index (χ1v) is 6.91. The molecule has 0 aromatic heterocycles. The summed E-state index contributed by atoms with van der Waals surface area (Å²) in [6, 6.07) is 14.0. The van der Waals surface area contributed by atoms with E-state index in [0.29, 0.717) is 16.9 Å². The van der Waals surface area contributed by atoms with Crippen LogP contribution in [0.25, 0.3) is 0 Å². The third kappa shape index (κ3) is 4.09. The number of benzene rings is 2. The van der Waals surface area contributed by atoms with E-state index in [1.165, 1.54) is 4.90 Å². The first-order valence-electron chi connectivity index (χ1n) is 6.91. The van der Waals surface area contributed by atoms with Crippen LogP contribution in [0, 0.1) is 0 Å². The Labute approximate surface area is 129 Å². The highest BCUT2D eigenvalue weighted by atomic mass is 16.2. The molecule has 2 aromatic rings. The highest BCUT2D eigenvalue weighted by molar-refractivity contribution is 5.96. The molecular formula is C17H19N3O2. The first-order chi connectivity index (χ1) is 10.5. The molecule has 5 nitrogen and oxygen atoms in total. The van der Waals surface area contributed by atoms with Gasteiger partial charge in [0.15, 0.2) is 0 Å². The van der Waals surface area contributed by atoms with Crippen molar-refractivity contribution >= 4 is 23.2 Å². The lowest BCUT2D eigenvalue weighted by Crippen LogP contribution is -2.21. The van der Waals surface area contributed by atoms with Gasteiger partial charge in [-0.3, -0.25) is 9.59 Å². The highest BCUT2D eigenvalue weighted by Gasteiger charge is 2.08. The molecule has 114 valence electrons. The number of rotatable bonds is 4. The number of hydrogen-bond donors (Lipinski definition) is 2. The summed E-state index contributed by atoms with van der Waals surface area (Å²) in [5, 5.41) is 2.81. The maximum absolute atomic E-state index is 12.0. The summed E-state index contributed by atoms with van der Waals surface area (Å²) >= 11 is 0. The zero-order chi connectivity index (χ0) is 16.1. The lowest BCUT2D eigenvalue weighted by atomic mass is 10.1. The van der Waals surface area contributed by atoms with E-state index in [1.807, 2.05) is 12.1 Å². The van der Waals surface area contributed by atoms with E-state index in [1.54, 1.807) is 50.5 Å². The number of nitrogens with one attached hydrogen (secondary N) is 1. The van der Waals surface area contributed by atoms with Crippen molar-refractivity contribution < 1.29 is 9.59 Å². The number of nitrogens with zero attached hydrogens (tertiary/aromatic N) is 1. The number of carbonyl (C=O) groups is 2. The van der Waals surface area contributed by atoms with Gasteiger partial charge in [0.2, 0.25) is 5.91 Å². The fourth-order valence-electron chi connectivity index (χ4n) is 1.98. The predicted molar refractivity (Wildman–Crippen MR) is 87.6 cm³/mol. The van der Waals surface area contributed by atoms with E-state index in [-0.39, 0.29) is 18.2 Å². The Morgan fingerprint density at radius 2 is 1.59 bits per heavy atom. The van der Waals surface area contributed by atoms with Gasteiger partial charge in [-0.2, -0.15) is 0 Å². The molecule has 0 saturated carbocycles. The molecule has 0 unspecified atom stereocenters. The molecule has 0 bridgehead atoms.